The molecule has 2 amide bonds. The van der Waals surface area contributed by atoms with Crippen molar-refractivity contribution in [3.05, 3.63) is 108 Å². The molecular weight excluding hydrogens is 607 g/mol. The van der Waals surface area contributed by atoms with Crippen LogP contribution in [0.4, 0.5) is 28.6 Å². The average Bonchev–Trinajstić information content (AvgIpc) is 2.89. The number of nitrogens with two attached hydrogens (primary N) is 3. The van der Waals surface area contributed by atoms with Crippen molar-refractivity contribution in [3.8, 4) is 0 Å². The Bertz CT molecular complexity index is 1570. The zero-order valence-corrected chi connectivity index (χ0v) is 22.5. The van der Waals surface area contributed by atoms with Crippen LogP contribution in [-0.4, -0.2) is 41.6 Å². The molecule has 19 heteroatoms. The molecule has 0 saturated carbocycles. The summed E-state index contributed by atoms with van der Waals surface area (Å²) in [5.41, 5.74) is 16.7. The Balaban J connectivity index is 0.000000236. The van der Waals surface area contributed by atoms with Crippen molar-refractivity contribution in [2.75, 3.05) is 11.1 Å². The Morgan fingerprint density at radius 3 is 1.61 bits per heavy atom. The van der Waals surface area contributed by atoms with E-state index in [2.05, 4.69) is 25.3 Å². The maximum atomic E-state index is 10.9. The molecule has 2 aromatic heterocycles. The zero-order valence-electron chi connectivity index (χ0n) is 20.3. The Morgan fingerprint density at radius 2 is 1.17 bits per heavy atom. The third kappa shape index (κ3) is 10.1. The van der Waals surface area contributed by atoms with Gasteiger partial charge in [-0.05, 0) is 71.7 Å². The number of aromatic nitrogens is 4. The van der Waals surface area contributed by atoms with Crippen molar-refractivity contribution in [1.82, 2.24) is 19.9 Å². The number of amides is 2. The second-order valence-corrected chi connectivity index (χ2v) is 8.29. The van der Waals surface area contributed by atoms with Gasteiger partial charge in [0.25, 0.3) is 0 Å². The number of halogens is 3. The van der Waals surface area contributed by atoms with Gasteiger partial charge in [0.05, 0.1) is 9.85 Å². The number of carbonyl (C=O) groups is 2. The van der Waals surface area contributed by atoms with Crippen LogP contribution in [0.5, 0.6) is 0 Å². The van der Waals surface area contributed by atoms with Gasteiger partial charge in [-0.1, -0.05) is 11.6 Å². The van der Waals surface area contributed by atoms with Gasteiger partial charge in [0.2, 0.25) is 33.4 Å². The number of benzene rings is 2. The van der Waals surface area contributed by atoms with Gasteiger partial charge in [-0.2, -0.15) is 9.97 Å². The largest absolute Gasteiger partial charge is 0.399 e. The van der Waals surface area contributed by atoms with Gasteiger partial charge < -0.3 is 22.5 Å². The Hall–Kier alpha value is -5.19. The first-order valence-electron chi connectivity index (χ1n) is 10.6. The predicted molar refractivity (Wildman–Crippen MR) is 150 cm³/mol. The van der Waals surface area contributed by atoms with Crippen molar-refractivity contribution in [2.45, 2.75) is 0 Å². The fraction of sp³-hybridized carbons (Fsp3) is 0. The normalized spacial score (nSPS) is 9.73. The minimum absolute atomic E-state index is 0.0400. The van der Waals surface area contributed by atoms with E-state index in [1.54, 1.807) is 36.4 Å². The third-order valence-corrected chi connectivity index (χ3v) is 5.10. The van der Waals surface area contributed by atoms with Crippen LogP contribution in [-0.2, 0) is 0 Å². The standard InChI is InChI=1S/C11H8ClN5O3.C7H8N2O.C4HCl2N3O2/c12-11-14-5-8(17(19)20)10(16-11)15-7-3-1-6(2-4-7)9(13)18;8-6-3-1-5(2-4-6)7(9)10;5-3-2(9(10)11)1-7-4(6)8-3/h1-5H,(H2,13,18)(H,14,15,16);1-4H,8H2,(H2,9,10);1H. The highest BCUT2D eigenvalue weighted by Crippen LogP contribution is 2.26. The summed E-state index contributed by atoms with van der Waals surface area (Å²) in [5, 5.41) is 23.2. The van der Waals surface area contributed by atoms with Gasteiger partial charge in [0, 0.05) is 22.5 Å². The van der Waals surface area contributed by atoms with Crippen LogP contribution in [0.3, 0.4) is 0 Å². The summed E-state index contributed by atoms with van der Waals surface area (Å²) in [7, 11) is 0. The van der Waals surface area contributed by atoms with Gasteiger partial charge in [0.1, 0.15) is 12.4 Å². The molecule has 0 unspecified atom stereocenters. The molecular formula is C22H17Cl3N10O6. The van der Waals surface area contributed by atoms with Crippen molar-refractivity contribution in [1.29, 1.82) is 0 Å². The molecule has 212 valence electrons. The summed E-state index contributed by atoms with van der Waals surface area (Å²) >= 11 is 16.2. The first kappa shape index (κ1) is 32.0. The fourth-order valence-electron chi connectivity index (χ4n) is 2.54. The molecule has 0 aliphatic carbocycles. The Labute approximate surface area is 244 Å². The monoisotopic (exact) mass is 622 g/mol. The summed E-state index contributed by atoms with van der Waals surface area (Å²) < 4.78 is 0. The van der Waals surface area contributed by atoms with E-state index in [1.165, 1.54) is 12.1 Å². The summed E-state index contributed by atoms with van der Waals surface area (Å²) in [4.78, 5) is 55.2. The highest BCUT2D eigenvalue weighted by molar-refractivity contribution is 6.33. The zero-order chi connectivity index (χ0) is 30.7. The van der Waals surface area contributed by atoms with Crippen molar-refractivity contribution in [3.63, 3.8) is 0 Å². The molecule has 0 bridgehead atoms. The van der Waals surface area contributed by atoms with E-state index in [0.717, 1.165) is 12.4 Å². The van der Waals surface area contributed by atoms with E-state index >= 15 is 0 Å². The topological polar surface area (TPSA) is 262 Å². The molecule has 0 spiro atoms. The Morgan fingerprint density at radius 1 is 0.732 bits per heavy atom. The van der Waals surface area contributed by atoms with Crippen LogP contribution in [0.2, 0.25) is 15.7 Å². The van der Waals surface area contributed by atoms with Crippen molar-refractivity contribution in [2.24, 2.45) is 11.5 Å². The Kier molecular flexibility index (Phi) is 11.6. The molecule has 0 saturated heterocycles. The van der Waals surface area contributed by atoms with E-state index in [-0.39, 0.29) is 32.9 Å². The lowest BCUT2D eigenvalue weighted by Gasteiger charge is -2.06. The molecule has 16 nitrogen and oxygen atoms in total. The number of rotatable bonds is 6. The summed E-state index contributed by atoms with van der Waals surface area (Å²) in [5.74, 6) is -1.03. The number of hydrogen-bond acceptors (Lipinski definition) is 12. The van der Waals surface area contributed by atoms with Gasteiger partial charge in [0.15, 0.2) is 0 Å². The average molecular weight is 624 g/mol. The molecule has 41 heavy (non-hydrogen) atoms. The van der Waals surface area contributed by atoms with Crippen LogP contribution < -0.4 is 22.5 Å². The SMILES string of the molecule is NC(=O)c1ccc(N)cc1.NC(=O)c1ccc(Nc2nc(Cl)ncc2[N+](=O)[O-])cc1.O=[N+]([O-])c1cnc(Cl)nc1Cl. The number of nitro groups is 2. The number of primary amides is 2. The molecule has 0 fully saturated rings. The molecule has 0 aliphatic rings. The molecule has 2 aromatic carbocycles. The summed E-state index contributed by atoms with van der Waals surface area (Å²) in [6.45, 7) is 0. The highest BCUT2D eigenvalue weighted by Gasteiger charge is 2.17. The first-order valence-corrected chi connectivity index (χ1v) is 11.7. The third-order valence-electron chi connectivity index (χ3n) is 4.46. The molecule has 2 heterocycles. The number of hydrogen-bond donors (Lipinski definition) is 4. The second-order valence-electron chi connectivity index (χ2n) is 7.26. The lowest BCUT2D eigenvalue weighted by Crippen LogP contribution is -2.10. The van der Waals surface area contributed by atoms with Crippen LogP contribution in [0.15, 0.2) is 60.9 Å². The van der Waals surface area contributed by atoms with Gasteiger partial charge in [-0.3, -0.25) is 29.8 Å². The number of nitrogens with zero attached hydrogens (tertiary/aromatic N) is 6. The molecule has 0 aliphatic heterocycles. The number of anilines is 3. The summed E-state index contributed by atoms with van der Waals surface area (Å²) in [6, 6.07) is 12.5. The van der Waals surface area contributed by atoms with E-state index in [9.17, 15) is 29.8 Å². The number of nitrogens with one attached hydrogen (secondary N) is 1. The number of nitrogen functional groups attached to an aromatic ring is 1. The van der Waals surface area contributed by atoms with Crippen LogP contribution in [0.25, 0.3) is 0 Å². The van der Waals surface area contributed by atoms with E-state index < -0.39 is 21.7 Å². The minimum atomic E-state index is -0.682. The predicted octanol–water partition coefficient (Wildman–Crippen LogP) is 3.94. The smallest absolute Gasteiger partial charge is 0.329 e. The van der Waals surface area contributed by atoms with Crippen LogP contribution >= 0.6 is 34.8 Å². The molecule has 4 aromatic rings. The molecule has 4 rings (SSSR count). The van der Waals surface area contributed by atoms with E-state index in [0.29, 0.717) is 22.5 Å². The fourth-order valence-corrected chi connectivity index (χ4v) is 3.05. The minimum Gasteiger partial charge on any atom is -0.399 e. The van der Waals surface area contributed by atoms with Crippen molar-refractivity contribution >= 4 is 75.2 Å². The van der Waals surface area contributed by atoms with Gasteiger partial charge >= 0.3 is 11.4 Å². The molecule has 0 radical (unpaired) electrons. The van der Waals surface area contributed by atoms with Gasteiger partial charge in [-0.15, -0.1) is 0 Å². The van der Waals surface area contributed by atoms with E-state index in [4.69, 9.17) is 52.0 Å². The first-order chi connectivity index (χ1) is 19.3. The second kappa shape index (κ2) is 14.8. The molecule has 7 N–H and O–H groups in total. The lowest BCUT2D eigenvalue weighted by molar-refractivity contribution is -0.385. The van der Waals surface area contributed by atoms with Crippen LogP contribution in [0.1, 0.15) is 20.7 Å². The maximum absolute atomic E-state index is 10.9. The number of carbonyl (C=O) groups excluding carboxylic acids is 2. The van der Waals surface area contributed by atoms with Crippen LogP contribution in [0, 0.1) is 20.2 Å². The molecule has 0 atom stereocenters. The lowest BCUT2D eigenvalue weighted by atomic mass is 10.2. The van der Waals surface area contributed by atoms with Gasteiger partial charge in [-0.25, -0.2) is 9.97 Å². The quantitative estimate of drug-likeness (QED) is 0.0782. The van der Waals surface area contributed by atoms with E-state index in [1.807, 2.05) is 0 Å². The maximum Gasteiger partial charge on any atom is 0.329 e. The highest BCUT2D eigenvalue weighted by atomic mass is 35.5. The van der Waals surface area contributed by atoms with Crippen molar-refractivity contribution < 1.29 is 19.4 Å². The summed E-state index contributed by atoms with van der Waals surface area (Å²) in [6.07, 6.45) is 1.97.